The number of benzene rings is 2. The Balaban J connectivity index is 0.000000165. The second-order valence-corrected chi connectivity index (χ2v) is 4.39. The smallest absolute Gasteiger partial charge is 0.0621 e. The van der Waals surface area contributed by atoms with Crippen LogP contribution in [-0.4, -0.2) is 0 Å². The Hall–Kier alpha value is -0.690. The van der Waals surface area contributed by atoms with E-state index in [4.69, 9.17) is 34.8 Å². The summed E-state index contributed by atoms with van der Waals surface area (Å²) in [4.78, 5) is 0. The summed E-state index contributed by atoms with van der Waals surface area (Å²) in [5, 5.41) is 2.07. The van der Waals surface area contributed by atoms with E-state index in [0.717, 1.165) is 10.6 Å². The van der Waals surface area contributed by atoms with E-state index in [1.807, 2.05) is 49.4 Å². The summed E-state index contributed by atoms with van der Waals surface area (Å²) < 4.78 is 0. The lowest BCUT2D eigenvalue weighted by molar-refractivity contribution is 1.47. The summed E-state index contributed by atoms with van der Waals surface area (Å²) in [7, 11) is 0. The fourth-order valence-corrected chi connectivity index (χ4v) is 1.52. The monoisotopic (exact) mass is 272 g/mol. The van der Waals surface area contributed by atoms with Crippen molar-refractivity contribution >= 4 is 34.8 Å². The van der Waals surface area contributed by atoms with Gasteiger partial charge in [0.25, 0.3) is 0 Å². The quantitative estimate of drug-likeness (QED) is 0.582. The van der Waals surface area contributed by atoms with E-state index in [0.29, 0.717) is 10.0 Å². The number of hydrogen-bond acceptors (Lipinski definition) is 0. The van der Waals surface area contributed by atoms with Crippen molar-refractivity contribution in [3.8, 4) is 0 Å². The molecule has 0 radical (unpaired) electrons. The average Bonchev–Trinajstić information content (AvgIpc) is 2.28. The molecular weight excluding hydrogens is 263 g/mol. The normalized spacial score (nSPS) is 9.25. The lowest BCUT2D eigenvalue weighted by atomic mass is 10.2. The number of hydrogen-bond donors (Lipinski definition) is 0. The summed E-state index contributed by atoms with van der Waals surface area (Å²) in [6.45, 7) is 1.92. The average molecular weight is 274 g/mol. The van der Waals surface area contributed by atoms with Crippen molar-refractivity contribution in [1.82, 2.24) is 0 Å². The summed E-state index contributed by atoms with van der Waals surface area (Å²) in [5.74, 6) is 0. The summed E-state index contributed by atoms with van der Waals surface area (Å²) in [6.07, 6.45) is 0. The largest absolute Gasteiger partial charge is 0.0843 e. The van der Waals surface area contributed by atoms with Crippen LogP contribution in [0.25, 0.3) is 0 Å². The second kappa shape index (κ2) is 6.80. The third-order valence-corrected chi connectivity index (χ3v) is 3.04. The zero-order chi connectivity index (χ0) is 12.0. The number of halogens is 3. The highest BCUT2D eigenvalue weighted by Gasteiger charge is 1.96. The zero-order valence-corrected chi connectivity index (χ0v) is 11.0. The third kappa shape index (κ3) is 4.44. The molecule has 0 nitrogen and oxygen atoms in total. The molecule has 2 aromatic carbocycles. The molecule has 0 N–H and O–H groups in total. The van der Waals surface area contributed by atoms with E-state index in [9.17, 15) is 0 Å². The van der Waals surface area contributed by atoms with Crippen LogP contribution in [0.3, 0.4) is 0 Å². The van der Waals surface area contributed by atoms with Crippen LogP contribution in [0.2, 0.25) is 15.1 Å². The highest BCUT2D eigenvalue weighted by Crippen LogP contribution is 2.24. The Morgan fingerprint density at radius 1 is 0.750 bits per heavy atom. The lowest BCUT2D eigenvalue weighted by Crippen LogP contribution is -1.73. The standard InChI is InChI=1S/C7H6Cl2.C6H5Cl/c1-5-3-2-4-6(8)7(5)9;7-6-4-2-1-3-5-6/h2-4H,1H3;1-5H. The third-order valence-electron chi connectivity index (χ3n) is 1.88. The first-order valence-electron chi connectivity index (χ1n) is 4.72. The Bertz CT molecular complexity index is 418. The van der Waals surface area contributed by atoms with Crippen LogP contribution in [0.1, 0.15) is 5.56 Å². The molecule has 0 atom stereocenters. The molecule has 2 aromatic rings. The zero-order valence-electron chi connectivity index (χ0n) is 8.75. The van der Waals surface area contributed by atoms with Crippen LogP contribution in [0.5, 0.6) is 0 Å². The van der Waals surface area contributed by atoms with Crippen LogP contribution in [0.15, 0.2) is 48.5 Å². The highest BCUT2D eigenvalue weighted by molar-refractivity contribution is 6.42. The van der Waals surface area contributed by atoms with Gasteiger partial charge < -0.3 is 0 Å². The van der Waals surface area contributed by atoms with Gasteiger partial charge in [0.2, 0.25) is 0 Å². The summed E-state index contributed by atoms with van der Waals surface area (Å²) >= 11 is 17.0. The minimum atomic E-state index is 0.622. The van der Waals surface area contributed by atoms with Crippen molar-refractivity contribution in [2.75, 3.05) is 0 Å². The maximum Gasteiger partial charge on any atom is 0.0621 e. The molecule has 84 valence electrons. The van der Waals surface area contributed by atoms with Gasteiger partial charge in [0.05, 0.1) is 10.0 Å². The fraction of sp³-hybridized carbons (Fsp3) is 0.0769. The van der Waals surface area contributed by atoms with Crippen LogP contribution in [-0.2, 0) is 0 Å². The summed E-state index contributed by atoms with van der Waals surface area (Å²) in [6, 6.07) is 15.0. The minimum Gasteiger partial charge on any atom is -0.0843 e. The Labute approximate surface area is 111 Å². The maximum atomic E-state index is 5.75. The van der Waals surface area contributed by atoms with Crippen LogP contribution in [0.4, 0.5) is 0 Å². The topological polar surface area (TPSA) is 0 Å². The first kappa shape index (κ1) is 13.4. The molecule has 0 amide bonds. The highest BCUT2D eigenvalue weighted by atomic mass is 35.5. The van der Waals surface area contributed by atoms with Crippen LogP contribution < -0.4 is 0 Å². The van der Waals surface area contributed by atoms with Gasteiger partial charge in [0.15, 0.2) is 0 Å². The maximum absolute atomic E-state index is 5.75. The predicted octanol–water partition coefficient (Wildman–Crippen LogP) is 5.64. The van der Waals surface area contributed by atoms with Crippen molar-refractivity contribution in [3.63, 3.8) is 0 Å². The molecule has 0 saturated heterocycles. The van der Waals surface area contributed by atoms with Gasteiger partial charge in [-0.2, -0.15) is 0 Å². The van der Waals surface area contributed by atoms with Gasteiger partial charge in [-0.3, -0.25) is 0 Å². The molecule has 0 aromatic heterocycles. The minimum absolute atomic E-state index is 0.622. The van der Waals surface area contributed by atoms with Gasteiger partial charge in [0.1, 0.15) is 0 Å². The molecule has 0 aliphatic heterocycles. The van der Waals surface area contributed by atoms with Crippen LogP contribution >= 0.6 is 34.8 Å². The Morgan fingerprint density at radius 2 is 1.38 bits per heavy atom. The molecule has 0 heterocycles. The molecule has 0 aliphatic rings. The van der Waals surface area contributed by atoms with E-state index < -0.39 is 0 Å². The van der Waals surface area contributed by atoms with E-state index >= 15 is 0 Å². The summed E-state index contributed by atoms with van der Waals surface area (Å²) in [5.41, 5.74) is 1.02. The van der Waals surface area contributed by atoms with Crippen molar-refractivity contribution in [1.29, 1.82) is 0 Å². The molecule has 0 aliphatic carbocycles. The fourth-order valence-electron chi connectivity index (χ4n) is 1.03. The predicted molar refractivity (Wildman–Crippen MR) is 72.7 cm³/mol. The van der Waals surface area contributed by atoms with Gasteiger partial charge in [0, 0.05) is 5.02 Å². The number of rotatable bonds is 0. The molecular formula is C13H11Cl3. The van der Waals surface area contributed by atoms with Gasteiger partial charge in [-0.1, -0.05) is 65.1 Å². The Morgan fingerprint density at radius 3 is 1.75 bits per heavy atom. The van der Waals surface area contributed by atoms with Crippen LogP contribution in [0, 0.1) is 6.92 Å². The first-order chi connectivity index (χ1) is 7.61. The number of aryl methyl sites for hydroxylation is 1. The van der Waals surface area contributed by atoms with Crippen molar-refractivity contribution in [2.24, 2.45) is 0 Å². The van der Waals surface area contributed by atoms with E-state index in [1.54, 1.807) is 6.07 Å². The van der Waals surface area contributed by atoms with E-state index in [-0.39, 0.29) is 0 Å². The molecule has 3 heteroatoms. The van der Waals surface area contributed by atoms with Crippen molar-refractivity contribution in [3.05, 3.63) is 69.2 Å². The molecule has 2 rings (SSSR count). The molecule has 16 heavy (non-hydrogen) atoms. The lowest BCUT2D eigenvalue weighted by Gasteiger charge is -1.96. The van der Waals surface area contributed by atoms with E-state index in [2.05, 4.69) is 0 Å². The van der Waals surface area contributed by atoms with Gasteiger partial charge >= 0.3 is 0 Å². The van der Waals surface area contributed by atoms with Gasteiger partial charge in [-0.05, 0) is 30.7 Å². The second-order valence-electron chi connectivity index (χ2n) is 3.17. The van der Waals surface area contributed by atoms with Gasteiger partial charge in [-0.25, -0.2) is 0 Å². The molecule has 0 unspecified atom stereocenters. The van der Waals surface area contributed by atoms with Crippen molar-refractivity contribution < 1.29 is 0 Å². The first-order valence-corrected chi connectivity index (χ1v) is 5.86. The molecule has 0 spiro atoms. The molecule has 0 bridgehead atoms. The Kier molecular flexibility index (Phi) is 5.68. The SMILES string of the molecule is Cc1cccc(Cl)c1Cl.Clc1ccccc1. The van der Waals surface area contributed by atoms with E-state index in [1.165, 1.54) is 0 Å². The van der Waals surface area contributed by atoms with Gasteiger partial charge in [-0.15, -0.1) is 0 Å². The molecule has 0 fully saturated rings. The molecule has 0 saturated carbocycles. The van der Waals surface area contributed by atoms with Crippen molar-refractivity contribution in [2.45, 2.75) is 6.92 Å².